The lowest BCUT2D eigenvalue weighted by Gasteiger charge is -2.05. The van der Waals surface area contributed by atoms with E-state index in [4.69, 9.17) is 0 Å². The maximum atomic E-state index is 12.0. The Labute approximate surface area is 108 Å². The molecule has 2 N–H and O–H groups in total. The van der Waals surface area contributed by atoms with Crippen LogP contribution in [0.2, 0.25) is 0 Å². The van der Waals surface area contributed by atoms with Crippen LogP contribution in [0, 0.1) is 24.0 Å². The van der Waals surface area contributed by atoms with Crippen LogP contribution in [0.1, 0.15) is 21.7 Å². The SMILES string of the molecule is Cc1n[nH]c(C)c1NC(=O)c1cccc([N+](=O)[O-])c1. The zero-order valence-corrected chi connectivity index (χ0v) is 10.4. The molecule has 0 aliphatic rings. The van der Waals surface area contributed by atoms with Gasteiger partial charge < -0.3 is 5.32 Å². The molecule has 1 aromatic carbocycles. The van der Waals surface area contributed by atoms with Gasteiger partial charge in [-0.2, -0.15) is 5.10 Å². The van der Waals surface area contributed by atoms with Gasteiger partial charge in [0.1, 0.15) is 0 Å². The summed E-state index contributed by atoms with van der Waals surface area (Å²) < 4.78 is 0. The Bertz CT molecular complexity index is 629. The predicted octanol–water partition coefficient (Wildman–Crippen LogP) is 2.19. The fourth-order valence-electron chi connectivity index (χ4n) is 1.68. The van der Waals surface area contributed by atoms with Crippen LogP contribution >= 0.6 is 0 Å². The monoisotopic (exact) mass is 260 g/mol. The van der Waals surface area contributed by atoms with Crippen molar-refractivity contribution in [3.63, 3.8) is 0 Å². The molecular weight excluding hydrogens is 248 g/mol. The van der Waals surface area contributed by atoms with Crippen LogP contribution in [0.5, 0.6) is 0 Å². The van der Waals surface area contributed by atoms with E-state index in [1.807, 2.05) is 0 Å². The molecule has 1 heterocycles. The Balaban J connectivity index is 2.25. The van der Waals surface area contributed by atoms with Gasteiger partial charge in [-0.25, -0.2) is 0 Å². The molecular formula is C12H12N4O3. The summed E-state index contributed by atoms with van der Waals surface area (Å²) >= 11 is 0. The van der Waals surface area contributed by atoms with Crippen LogP contribution < -0.4 is 5.32 Å². The Kier molecular flexibility index (Phi) is 3.28. The zero-order valence-electron chi connectivity index (χ0n) is 10.4. The average Bonchev–Trinajstić information content (AvgIpc) is 2.70. The maximum Gasteiger partial charge on any atom is 0.270 e. The van der Waals surface area contributed by atoms with Crippen molar-refractivity contribution < 1.29 is 9.72 Å². The molecule has 7 heteroatoms. The van der Waals surface area contributed by atoms with E-state index in [-0.39, 0.29) is 11.3 Å². The number of nitrogens with zero attached hydrogens (tertiary/aromatic N) is 2. The molecule has 0 radical (unpaired) electrons. The van der Waals surface area contributed by atoms with E-state index in [2.05, 4.69) is 15.5 Å². The number of nitrogens with one attached hydrogen (secondary N) is 2. The number of carbonyl (C=O) groups excluding carboxylic acids is 1. The first-order valence-corrected chi connectivity index (χ1v) is 5.56. The number of hydrogen-bond acceptors (Lipinski definition) is 4. The van der Waals surface area contributed by atoms with Crippen LogP contribution in [0.3, 0.4) is 0 Å². The zero-order chi connectivity index (χ0) is 14.0. The van der Waals surface area contributed by atoms with Crippen molar-refractivity contribution in [1.29, 1.82) is 0 Å². The van der Waals surface area contributed by atoms with Crippen molar-refractivity contribution in [2.45, 2.75) is 13.8 Å². The largest absolute Gasteiger partial charge is 0.319 e. The van der Waals surface area contributed by atoms with Crippen LogP contribution in [-0.4, -0.2) is 21.0 Å². The summed E-state index contributed by atoms with van der Waals surface area (Å²) in [5.41, 5.74) is 2.10. The lowest BCUT2D eigenvalue weighted by Crippen LogP contribution is -2.13. The minimum absolute atomic E-state index is 0.117. The summed E-state index contributed by atoms with van der Waals surface area (Å²) in [6.45, 7) is 3.54. The Morgan fingerprint density at radius 3 is 2.74 bits per heavy atom. The fourth-order valence-corrected chi connectivity index (χ4v) is 1.68. The molecule has 19 heavy (non-hydrogen) atoms. The summed E-state index contributed by atoms with van der Waals surface area (Å²) in [5.74, 6) is -0.406. The van der Waals surface area contributed by atoms with Gasteiger partial charge in [0, 0.05) is 17.7 Å². The average molecular weight is 260 g/mol. The van der Waals surface area contributed by atoms with Crippen molar-refractivity contribution in [2.75, 3.05) is 5.32 Å². The number of carbonyl (C=O) groups is 1. The number of aromatic nitrogens is 2. The maximum absolute atomic E-state index is 12.0. The number of anilines is 1. The highest BCUT2D eigenvalue weighted by Crippen LogP contribution is 2.19. The van der Waals surface area contributed by atoms with Crippen LogP contribution in [0.15, 0.2) is 24.3 Å². The van der Waals surface area contributed by atoms with Crippen LogP contribution in [0.4, 0.5) is 11.4 Å². The third-order valence-electron chi connectivity index (χ3n) is 2.69. The van der Waals surface area contributed by atoms with Gasteiger partial charge >= 0.3 is 0 Å². The molecule has 98 valence electrons. The fraction of sp³-hybridized carbons (Fsp3) is 0.167. The van der Waals surface area contributed by atoms with Crippen molar-refractivity contribution >= 4 is 17.3 Å². The van der Waals surface area contributed by atoms with Crippen LogP contribution in [-0.2, 0) is 0 Å². The summed E-state index contributed by atoms with van der Waals surface area (Å²) in [4.78, 5) is 22.1. The standard InChI is InChI=1S/C12H12N4O3/c1-7-11(8(2)15-14-7)13-12(17)9-4-3-5-10(6-9)16(18)19/h3-6H,1-2H3,(H,13,17)(H,14,15). The molecule has 0 aliphatic heterocycles. The number of amides is 1. The molecule has 0 aliphatic carbocycles. The summed E-state index contributed by atoms with van der Waals surface area (Å²) in [5, 5.41) is 20.1. The number of benzene rings is 1. The quantitative estimate of drug-likeness (QED) is 0.652. The first-order chi connectivity index (χ1) is 8.99. The van der Waals surface area contributed by atoms with Gasteiger partial charge in [0.25, 0.3) is 11.6 Å². The molecule has 1 aromatic heterocycles. The second-order valence-corrected chi connectivity index (χ2v) is 4.07. The molecule has 1 amide bonds. The number of nitro benzene ring substituents is 1. The van der Waals surface area contributed by atoms with E-state index >= 15 is 0 Å². The van der Waals surface area contributed by atoms with E-state index < -0.39 is 10.8 Å². The predicted molar refractivity (Wildman–Crippen MR) is 69.1 cm³/mol. The van der Waals surface area contributed by atoms with E-state index in [0.717, 1.165) is 5.69 Å². The number of H-pyrrole nitrogens is 1. The third kappa shape index (κ3) is 2.59. The van der Waals surface area contributed by atoms with Gasteiger partial charge in [-0.05, 0) is 19.9 Å². The van der Waals surface area contributed by atoms with E-state index in [1.54, 1.807) is 13.8 Å². The van der Waals surface area contributed by atoms with E-state index in [9.17, 15) is 14.9 Å². The van der Waals surface area contributed by atoms with Gasteiger partial charge in [0.2, 0.25) is 0 Å². The van der Waals surface area contributed by atoms with Gasteiger partial charge in [-0.15, -0.1) is 0 Å². The topological polar surface area (TPSA) is 101 Å². The number of hydrogen-bond donors (Lipinski definition) is 2. The molecule has 2 rings (SSSR count). The van der Waals surface area contributed by atoms with E-state index in [1.165, 1.54) is 24.3 Å². The minimum atomic E-state index is -0.537. The van der Waals surface area contributed by atoms with Crippen molar-refractivity contribution in [2.24, 2.45) is 0 Å². The second-order valence-electron chi connectivity index (χ2n) is 4.07. The normalized spacial score (nSPS) is 10.2. The summed E-state index contributed by atoms with van der Waals surface area (Å²) in [7, 11) is 0. The van der Waals surface area contributed by atoms with Gasteiger partial charge in [-0.3, -0.25) is 20.0 Å². The first-order valence-electron chi connectivity index (χ1n) is 5.56. The minimum Gasteiger partial charge on any atom is -0.319 e. The smallest absolute Gasteiger partial charge is 0.270 e. The van der Waals surface area contributed by atoms with Crippen LogP contribution in [0.25, 0.3) is 0 Å². The van der Waals surface area contributed by atoms with Gasteiger partial charge in [-0.1, -0.05) is 6.07 Å². The number of aromatic amines is 1. The lowest BCUT2D eigenvalue weighted by molar-refractivity contribution is -0.384. The third-order valence-corrected chi connectivity index (χ3v) is 2.69. The Morgan fingerprint density at radius 1 is 1.42 bits per heavy atom. The molecule has 0 fully saturated rings. The van der Waals surface area contributed by atoms with Gasteiger partial charge in [0.15, 0.2) is 0 Å². The molecule has 0 atom stereocenters. The number of rotatable bonds is 3. The molecule has 0 unspecified atom stereocenters. The highest BCUT2D eigenvalue weighted by atomic mass is 16.6. The molecule has 0 spiro atoms. The first kappa shape index (κ1) is 12.7. The highest BCUT2D eigenvalue weighted by molar-refractivity contribution is 6.05. The Morgan fingerprint density at radius 2 is 2.16 bits per heavy atom. The molecule has 2 aromatic rings. The number of nitro groups is 1. The highest BCUT2D eigenvalue weighted by Gasteiger charge is 2.14. The number of aryl methyl sites for hydroxylation is 2. The van der Waals surface area contributed by atoms with E-state index in [0.29, 0.717) is 11.4 Å². The molecule has 0 saturated heterocycles. The van der Waals surface area contributed by atoms with Crippen molar-refractivity contribution in [1.82, 2.24) is 10.2 Å². The van der Waals surface area contributed by atoms with Gasteiger partial charge in [0.05, 0.1) is 22.0 Å². The van der Waals surface area contributed by atoms with Crippen molar-refractivity contribution in [3.05, 3.63) is 51.3 Å². The molecule has 7 nitrogen and oxygen atoms in total. The second kappa shape index (κ2) is 4.89. The molecule has 0 saturated carbocycles. The Hall–Kier alpha value is -2.70. The molecule has 0 bridgehead atoms. The lowest BCUT2D eigenvalue weighted by atomic mass is 10.2. The summed E-state index contributed by atoms with van der Waals surface area (Å²) in [6, 6.07) is 5.57. The summed E-state index contributed by atoms with van der Waals surface area (Å²) in [6.07, 6.45) is 0. The number of non-ortho nitro benzene ring substituents is 1. The van der Waals surface area contributed by atoms with Crippen molar-refractivity contribution in [3.8, 4) is 0 Å².